The molecule has 2 saturated heterocycles. The second-order valence-corrected chi connectivity index (χ2v) is 9.18. The zero-order chi connectivity index (χ0) is 22.0. The molecule has 1 spiro atoms. The maximum Gasteiger partial charge on any atom is 0.346 e. The molecule has 30 heavy (non-hydrogen) atoms. The number of epoxide rings is 1. The number of carbonyl (C=O) groups is 3. The van der Waals surface area contributed by atoms with Gasteiger partial charge in [0.25, 0.3) is 0 Å². The zero-order valence-electron chi connectivity index (χ0n) is 17.2. The van der Waals surface area contributed by atoms with Crippen LogP contribution in [-0.4, -0.2) is 83.9 Å². The fourth-order valence-electron chi connectivity index (χ4n) is 6.78. The van der Waals surface area contributed by atoms with Gasteiger partial charge >= 0.3 is 11.9 Å². The van der Waals surface area contributed by atoms with Crippen molar-refractivity contribution >= 4 is 18.2 Å². The fraction of sp³-hybridized carbons (Fsp3) is 0.750. The minimum Gasteiger partial charge on any atom is -0.496 e. The van der Waals surface area contributed by atoms with Crippen LogP contribution < -0.4 is 0 Å². The lowest BCUT2D eigenvalue weighted by Gasteiger charge is -2.60. The van der Waals surface area contributed by atoms with Crippen LogP contribution in [0.2, 0.25) is 0 Å². The monoisotopic (exact) mass is 424 g/mol. The molecule has 10 heteroatoms. The molecule has 0 radical (unpaired) electrons. The van der Waals surface area contributed by atoms with Gasteiger partial charge in [-0.2, -0.15) is 0 Å². The summed E-state index contributed by atoms with van der Waals surface area (Å²) in [5, 5.41) is 23.8. The lowest BCUT2D eigenvalue weighted by Crippen LogP contribution is -2.79. The highest BCUT2D eigenvalue weighted by molar-refractivity contribution is 6.10. The number of ether oxygens (including phenoxy) is 5. The minimum atomic E-state index is -2.02. The number of aliphatic hydroxyl groups is 2. The van der Waals surface area contributed by atoms with Crippen LogP contribution in [0.15, 0.2) is 11.3 Å². The summed E-state index contributed by atoms with van der Waals surface area (Å²) in [6.07, 6.45) is -3.76. The van der Waals surface area contributed by atoms with Crippen molar-refractivity contribution in [2.45, 2.75) is 62.0 Å². The summed E-state index contributed by atoms with van der Waals surface area (Å²) in [5.74, 6) is -3.64. The van der Waals surface area contributed by atoms with E-state index in [1.807, 2.05) is 0 Å². The van der Waals surface area contributed by atoms with E-state index < -0.39 is 70.4 Å². The van der Waals surface area contributed by atoms with Gasteiger partial charge in [0.2, 0.25) is 5.60 Å². The van der Waals surface area contributed by atoms with Gasteiger partial charge < -0.3 is 33.9 Å². The summed E-state index contributed by atoms with van der Waals surface area (Å²) >= 11 is 0. The molecule has 5 aliphatic rings. The largest absolute Gasteiger partial charge is 0.496 e. The van der Waals surface area contributed by atoms with Gasteiger partial charge in [-0.25, -0.2) is 4.79 Å². The highest BCUT2D eigenvalue weighted by atomic mass is 16.7. The molecule has 0 unspecified atom stereocenters. The average molecular weight is 424 g/mol. The van der Waals surface area contributed by atoms with E-state index >= 15 is 0 Å². The Bertz CT molecular complexity index is 911. The Morgan fingerprint density at radius 1 is 1.13 bits per heavy atom. The van der Waals surface area contributed by atoms with Crippen molar-refractivity contribution in [2.75, 3.05) is 14.2 Å². The minimum absolute atomic E-state index is 0.0858. The molecule has 9 atom stereocenters. The molecular weight excluding hydrogens is 400 g/mol. The number of methoxy groups -OCH3 is 2. The fourth-order valence-corrected chi connectivity index (χ4v) is 6.78. The lowest BCUT2D eigenvalue weighted by atomic mass is 9.49. The Kier molecular flexibility index (Phi) is 3.60. The maximum atomic E-state index is 13.0. The Balaban J connectivity index is 1.83. The number of hydrogen-bond donors (Lipinski definition) is 2. The molecule has 0 aromatic rings. The quantitative estimate of drug-likeness (QED) is 0.246. The van der Waals surface area contributed by atoms with Gasteiger partial charge in [-0.15, -0.1) is 0 Å². The zero-order valence-corrected chi connectivity index (χ0v) is 17.2. The van der Waals surface area contributed by atoms with E-state index in [4.69, 9.17) is 23.7 Å². The number of hydrogen-bond acceptors (Lipinski definition) is 10. The van der Waals surface area contributed by atoms with Gasteiger partial charge in [-0.1, -0.05) is 13.8 Å². The Morgan fingerprint density at radius 2 is 1.80 bits per heavy atom. The molecule has 4 fully saturated rings. The topological polar surface area (TPSA) is 141 Å². The Hall–Kier alpha value is -2.01. The summed E-state index contributed by atoms with van der Waals surface area (Å²) < 4.78 is 28.2. The van der Waals surface area contributed by atoms with Gasteiger partial charge in [-0.3, -0.25) is 9.59 Å². The number of aldehydes is 1. The molecule has 2 bridgehead atoms. The first-order valence-corrected chi connectivity index (χ1v) is 9.84. The van der Waals surface area contributed by atoms with Crippen LogP contribution in [-0.2, 0) is 38.1 Å². The predicted molar refractivity (Wildman–Crippen MR) is 94.6 cm³/mol. The molecule has 0 aromatic heterocycles. The van der Waals surface area contributed by atoms with Crippen LogP contribution in [0.3, 0.4) is 0 Å². The van der Waals surface area contributed by atoms with Crippen molar-refractivity contribution in [3.05, 3.63) is 11.3 Å². The van der Waals surface area contributed by atoms with Gasteiger partial charge in [0, 0.05) is 7.11 Å². The van der Waals surface area contributed by atoms with E-state index in [9.17, 15) is 24.6 Å². The number of rotatable bonds is 4. The van der Waals surface area contributed by atoms with E-state index in [0.29, 0.717) is 6.29 Å². The standard InChI is InChI=1S/C20H24O10/c1-7(2)18(24)9-16(23)29-12(18)11(27-5)17(3)19(9,25)13-14(28-13)20(17)10(26-4)8(6-21)15(22)30-20/h6-7,9,11-14,24-25H,1-5H3/t9-,11-,12-,13+,14-,17-,18+,19+,20-/m1/s1. The molecule has 10 nitrogen and oxygen atoms in total. The summed E-state index contributed by atoms with van der Waals surface area (Å²) in [6.45, 7) is 5.03. The van der Waals surface area contributed by atoms with Crippen molar-refractivity contribution in [3.63, 3.8) is 0 Å². The van der Waals surface area contributed by atoms with E-state index in [0.717, 1.165) is 0 Å². The lowest BCUT2D eigenvalue weighted by molar-refractivity contribution is -0.312. The molecule has 2 N–H and O–H groups in total. The maximum absolute atomic E-state index is 13.0. The van der Waals surface area contributed by atoms with E-state index in [1.54, 1.807) is 20.8 Å². The molecule has 5 rings (SSSR count). The smallest absolute Gasteiger partial charge is 0.346 e. The van der Waals surface area contributed by atoms with Gasteiger partial charge in [0.15, 0.2) is 18.1 Å². The van der Waals surface area contributed by atoms with Crippen LogP contribution in [0.1, 0.15) is 20.8 Å². The van der Waals surface area contributed by atoms with Crippen molar-refractivity contribution < 1.29 is 48.3 Å². The summed E-state index contributed by atoms with van der Waals surface area (Å²) in [7, 11) is 2.64. The highest BCUT2D eigenvalue weighted by Gasteiger charge is 2.96. The van der Waals surface area contributed by atoms with Gasteiger partial charge in [0.05, 0.1) is 12.5 Å². The van der Waals surface area contributed by atoms with Gasteiger partial charge in [0.1, 0.15) is 41.0 Å². The second kappa shape index (κ2) is 5.42. The predicted octanol–water partition coefficient (Wildman–Crippen LogP) is -1.14. The van der Waals surface area contributed by atoms with Crippen LogP contribution >= 0.6 is 0 Å². The first kappa shape index (κ1) is 19.9. The second-order valence-electron chi connectivity index (χ2n) is 9.18. The van der Waals surface area contributed by atoms with Crippen LogP contribution in [0.25, 0.3) is 0 Å². The van der Waals surface area contributed by atoms with Crippen LogP contribution in [0, 0.1) is 17.3 Å². The van der Waals surface area contributed by atoms with Crippen LogP contribution in [0.4, 0.5) is 0 Å². The molecule has 0 aromatic carbocycles. The number of carbonyl (C=O) groups excluding carboxylic acids is 3. The van der Waals surface area contributed by atoms with E-state index in [2.05, 4.69) is 0 Å². The third-order valence-electron chi connectivity index (χ3n) is 8.17. The van der Waals surface area contributed by atoms with E-state index in [1.165, 1.54) is 14.2 Å². The number of esters is 2. The highest BCUT2D eigenvalue weighted by Crippen LogP contribution is 2.76. The normalized spacial score (nSPS) is 53.0. The van der Waals surface area contributed by atoms with Gasteiger partial charge in [-0.05, 0) is 12.8 Å². The summed E-state index contributed by atoms with van der Waals surface area (Å²) in [6, 6.07) is 0. The Morgan fingerprint density at radius 3 is 2.33 bits per heavy atom. The van der Waals surface area contributed by atoms with Crippen molar-refractivity contribution in [1.82, 2.24) is 0 Å². The number of fused-ring (bicyclic) bond motifs is 8. The SMILES string of the molecule is COC1=C(C=O)C(=O)O[C@@]12[C@@H]1O[C@@H]1[C@@]1(O)[C@@H]3C(=O)O[C@H]([C@@H](OC)[C@]12C)[C@]3(O)C(C)C. The van der Waals surface area contributed by atoms with E-state index in [-0.39, 0.29) is 11.3 Å². The third-order valence-corrected chi connectivity index (χ3v) is 8.17. The van der Waals surface area contributed by atoms with Crippen LogP contribution in [0.5, 0.6) is 0 Å². The first-order chi connectivity index (χ1) is 14.0. The van der Waals surface area contributed by atoms with Crippen molar-refractivity contribution in [1.29, 1.82) is 0 Å². The molecule has 0 amide bonds. The van der Waals surface area contributed by atoms with Crippen molar-refractivity contribution in [2.24, 2.45) is 17.3 Å². The molecule has 2 saturated carbocycles. The first-order valence-electron chi connectivity index (χ1n) is 9.84. The average Bonchev–Trinajstić information content (AvgIpc) is 3.35. The summed E-state index contributed by atoms with van der Waals surface area (Å²) in [5.41, 5.74) is -7.35. The Labute approximate surface area is 172 Å². The molecular formula is C20H24O10. The molecule has 164 valence electrons. The molecule has 3 aliphatic heterocycles. The third kappa shape index (κ3) is 1.59. The molecule has 2 aliphatic carbocycles. The summed E-state index contributed by atoms with van der Waals surface area (Å²) in [4.78, 5) is 37.2. The van der Waals surface area contributed by atoms with Crippen molar-refractivity contribution in [3.8, 4) is 0 Å². The molecule has 3 heterocycles.